The van der Waals surface area contributed by atoms with Crippen LogP contribution >= 0.6 is 11.3 Å². The molecule has 0 saturated carbocycles. The smallest absolute Gasteiger partial charge is 0.267 e. The van der Waals surface area contributed by atoms with Gasteiger partial charge in [-0.25, -0.2) is 9.37 Å². The van der Waals surface area contributed by atoms with E-state index in [4.69, 9.17) is 10.7 Å². The zero-order chi connectivity index (χ0) is 20.8. The Bertz CT molecular complexity index is 1280. The van der Waals surface area contributed by atoms with Gasteiger partial charge in [-0.15, -0.1) is 11.3 Å². The Kier molecular flexibility index (Phi) is 4.51. The fourth-order valence-electron chi connectivity index (χ4n) is 4.07. The van der Waals surface area contributed by atoms with E-state index in [9.17, 15) is 9.18 Å². The Labute approximate surface area is 177 Å². The summed E-state index contributed by atoms with van der Waals surface area (Å²) < 4.78 is 13.2. The molecule has 0 fully saturated rings. The van der Waals surface area contributed by atoms with Crippen molar-refractivity contribution in [3.63, 3.8) is 0 Å². The number of aryl methyl sites for hydroxylation is 2. The second kappa shape index (κ2) is 7.22. The number of carbonyl (C=O) groups excluding carboxylic acids is 1. The first kappa shape index (κ1) is 18.8. The molecule has 0 bridgehead atoms. The summed E-state index contributed by atoms with van der Waals surface area (Å²) >= 11 is 1.31. The first-order valence-electron chi connectivity index (χ1n) is 9.89. The van der Waals surface area contributed by atoms with E-state index >= 15 is 0 Å². The van der Waals surface area contributed by atoms with Crippen LogP contribution in [0.4, 0.5) is 15.8 Å². The van der Waals surface area contributed by atoms with Crippen molar-refractivity contribution in [1.82, 2.24) is 4.98 Å². The van der Waals surface area contributed by atoms with Gasteiger partial charge in [0, 0.05) is 16.8 Å². The maximum absolute atomic E-state index is 13.2. The largest absolute Gasteiger partial charge is 0.397 e. The summed E-state index contributed by atoms with van der Waals surface area (Å²) in [6.45, 7) is 2.06. The second-order valence-electron chi connectivity index (χ2n) is 7.62. The Balaban J connectivity index is 1.65. The summed E-state index contributed by atoms with van der Waals surface area (Å²) in [5.41, 5.74) is 13.2. The fourth-order valence-corrected chi connectivity index (χ4v) is 5.09. The molecule has 0 aliphatic heterocycles. The first-order chi connectivity index (χ1) is 14.5. The van der Waals surface area contributed by atoms with Gasteiger partial charge < -0.3 is 11.1 Å². The highest BCUT2D eigenvalue weighted by Crippen LogP contribution is 2.44. The second-order valence-corrected chi connectivity index (χ2v) is 8.62. The maximum atomic E-state index is 13.2. The van der Waals surface area contributed by atoms with Gasteiger partial charge in [0.05, 0.1) is 5.69 Å². The highest BCUT2D eigenvalue weighted by atomic mass is 32.1. The Morgan fingerprint density at radius 3 is 2.57 bits per heavy atom. The molecule has 1 amide bonds. The van der Waals surface area contributed by atoms with Gasteiger partial charge >= 0.3 is 0 Å². The van der Waals surface area contributed by atoms with Gasteiger partial charge in [0.1, 0.15) is 15.5 Å². The monoisotopic (exact) mass is 417 g/mol. The van der Waals surface area contributed by atoms with Crippen molar-refractivity contribution < 1.29 is 9.18 Å². The highest BCUT2D eigenvalue weighted by Gasteiger charge is 2.26. The van der Waals surface area contributed by atoms with Gasteiger partial charge in [-0.1, -0.05) is 29.8 Å². The highest BCUT2D eigenvalue weighted by molar-refractivity contribution is 7.21. The van der Waals surface area contributed by atoms with Gasteiger partial charge in [-0.2, -0.15) is 0 Å². The van der Waals surface area contributed by atoms with Crippen molar-refractivity contribution in [3.8, 4) is 11.1 Å². The van der Waals surface area contributed by atoms with Crippen LogP contribution in [0, 0.1) is 12.7 Å². The number of hydrogen-bond acceptors (Lipinski definition) is 4. The van der Waals surface area contributed by atoms with Crippen LogP contribution in [0.3, 0.4) is 0 Å². The molecular formula is C24H20FN3OS. The number of aromatic nitrogens is 1. The third-order valence-corrected chi connectivity index (χ3v) is 6.65. The number of nitrogens with one attached hydrogen (secondary N) is 1. The van der Waals surface area contributed by atoms with Crippen molar-refractivity contribution >= 4 is 38.8 Å². The zero-order valence-corrected chi connectivity index (χ0v) is 17.3. The number of fused-ring (bicyclic) bond motifs is 2. The van der Waals surface area contributed by atoms with E-state index in [-0.39, 0.29) is 11.7 Å². The lowest BCUT2D eigenvalue weighted by molar-refractivity contribution is 0.103. The van der Waals surface area contributed by atoms with E-state index in [0.717, 1.165) is 46.3 Å². The van der Waals surface area contributed by atoms with E-state index in [1.807, 2.05) is 0 Å². The predicted octanol–water partition coefficient (Wildman–Crippen LogP) is 5.73. The number of nitrogen functional groups attached to an aromatic ring is 1. The molecule has 0 radical (unpaired) electrons. The number of carbonyl (C=O) groups is 1. The van der Waals surface area contributed by atoms with Crippen molar-refractivity contribution in [2.75, 3.05) is 11.1 Å². The normalized spacial score (nSPS) is 12.9. The third-order valence-electron chi connectivity index (χ3n) is 5.55. The van der Waals surface area contributed by atoms with Crippen LogP contribution in [0.2, 0.25) is 0 Å². The van der Waals surface area contributed by atoms with E-state index in [1.165, 1.54) is 46.7 Å². The van der Waals surface area contributed by atoms with Gasteiger partial charge in [0.2, 0.25) is 0 Å². The molecule has 0 unspecified atom stereocenters. The topological polar surface area (TPSA) is 68.0 Å². The molecule has 2 aromatic heterocycles. The molecule has 0 spiro atoms. The average Bonchev–Trinajstić information content (AvgIpc) is 3.33. The van der Waals surface area contributed by atoms with Crippen LogP contribution in [0.5, 0.6) is 0 Å². The molecule has 0 atom stereocenters. The summed E-state index contributed by atoms with van der Waals surface area (Å²) in [5, 5.41) is 3.66. The number of hydrogen-bond donors (Lipinski definition) is 2. The van der Waals surface area contributed by atoms with E-state index in [1.54, 1.807) is 0 Å². The Morgan fingerprint density at radius 1 is 1.10 bits per heavy atom. The number of pyridine rings is 1. The maximum Gasteiger partial charge on any atom is 0.267 e. The number of nitrogens with two attached hydrogens (primary N) is 1. The lowest BCUT2D eigenvalue weighted by Crippen LogP contribution is -2.12. The summed E-state index contributed by atoms with van der Waals surface area (Å²) in [4.78, 5) is 19.0. The number of rotatable bonds is 3. The molecule has 2 aromatic carbocycles. The van der Waals surface area contributed by atoms with Crippen LogP contribution in [0.25, 0.3) is 21.3 Å². The van der Waals surface area contributed by atoms with E-state index in [0.29, 0.717) is 16.3 Å². The molecular weight excluding hydrogens is 397 g/mol. The Morgan fingerprint density at radius 2 is 1.83 bits per heavy atom. The quantitative estimate of drug-likeness (QED) is 0.447. The standard InChI is InChI=1S/C24H20FN3OS/c1-13-5-7-14(8-6-13)19-17-3-2-4-18(17)28-24-20(19)21(26)22(30-24)23(29)27-16-11-9-15(25)10-12-16/h5-12H,2-4,26H2,1H3,(H,27,29). The summed E-state index contributed by atoms with van der Waals surface area (Å²) in [6.07, 6.45) is 2.99. The van der Waals surface area contributed by atoms with E-state index in [2.05, 4.69) is 36.5 Å². The molecule has 4 nitrogen and oxygen atoms in total. The average molecular weight is 418 g/mol. The molecule has 0 saturated heterocycles. The van der Waals surface area contributed by atoms with Gasteiger partial charge in [0.15, 0.2) is 0 Å². The zero-order valence-electron chi connectivity index (χ0n) is 16.5. The van der Waals surface area contributed by atoms with Crippen LogP contribution in [0.15, 0.2) is 48.5 Å². The van der Waals surface area contributed by atoms with Crippen LogP contribution in [-0.2, 0) is 12.8 Å². The minimum absolute atomic E-state index is 0.308. The number of anilines is 2. The van der Waals surface area contributed by atoms with Crippen molar-refractivity contribution in [1.29, 1.82) is 0 Å². The summed E-state index contributed by atoms with van der Waals surface area (Å²) in [7, 11) is 0. The van der Waals surface area contributed by atoms with Gasteiger partial charge in [-0.3, -0.25) is 4.79 Å². The number of thiophene rings is 1. The first-order valence-corrected chi connectivity index (χ1v) is 10.7. The Hall–Kier alpha value is -3.25. The summed E-state index contributed by atoms with van der Waals surface area (Å²) in [6, 6.07) is 14.1. The predicted molar refractivity (Wildman–Crippen MR) is 121 cm³/mol. The molecule has 4 aromatic rings. The van der Waals surface area contributed by atoms with Crippen LogP contribution in [-0.4, -0.2) is 10.9 Å². The molecule has 6 heteroatoms. The summed E-state index contributed by atoms with van der Waals surface area (Å²) in [5.74, 6) is -0.659. The number of halogens is 1. The fraction of sp³-hybridized carbons (Fsp3) is 0.167. The third kappa shape index (κ3) is 3.13. The minimum atomic E-state index is -0.351. The van der Waals surface area contributed by atoms with Crippen LogP contribution < -0.4 is 11.1 Å². The molecule has 5 rings (SSSR count). The van der Waals surface area contributed by atoms with Crippen LogP contribution in [0.1, 0.15) is 32.9 Å². The molecule has 150 valence electrons. The molecule has 1 aliphatic rings. The molecule has 3 N–H and O–H groups in total. The van der Waals surface area contributed by atoms with Crippen molar-refractivity contribution in [2.24, 2.45) is 0 Å². The van der Waals surface area contributed by atoms with Gasteiger partial charge in [-0.05, 0) is 67.1 Å². The van der Waals surface area contributed by atoms with Crippen molar-refractivity contribution in [3.05, 3.63) is 76.0 Å². The number of benzene rings is 2. The molecule has 30 heavy (non-hydrogen) atoms. The lowest BCUT2D eigenvalue weighted by atomic mass is 9.95. The lowest BCUT2D eigenvalue weighted by Gasteiger charge is -2.12. The minimum Gasteiger partial charge on any atom is -0.397 e. The SMILES string of the molecule is Cc1ccc(-c2c3c(nc4sc(C(=O)Nc5ccc(F)cc5)c(N)c24)CCC3)cc1. The number of amides is 1. The number of nitrogens with zero attached hydrogens (tertiary/aromatic N) is 1. The van der Waals surface area contributed by atoms with E-state index < -0.39 is 0 Å². The van der Waals surface area contributed by atoms with Crippen molar-refractivity contribution in [2.45, 2.75) is 26.2 Å². The van der Waals surface area contributed by atoms with Gasteiger partial charge in [0.25, 0.3) is 5.91 Å². The molecule has 1 aliphatic carbocycles. The molecule has 2 heterocycles.